The Hall–Kier alpha value is -1.66. The maximum atomic E-state index is 14.2. The Bertz CT molecular complexity index is 625. The maximum Gasteiger partial charge on any atom is 0.191 e. The van der Waals surface area contributed by atoms with Crippen molar-refractivity contribution in [3.8, 4) is 0 Å². The van der Waals surface area contributed by atoms with Gasteiger partial charge in [-0.3, -0.25) is 4.99 Å². The monoisotopic (exact) mass is 363 g/mol. The molecule has 0 bridgehead atoms. The summed E-state index contributed by atoms with van der Waals surface area (Å²) in [6.07, 6.45) is 3.70. The van der Waals surface area contributed by atoms with Crippen LogP contribution >= 0.6 is 0 Å². The second kappa shape index (κ2) is 8.35. The van der Waals surface area contributed by atoms with E-state index in [4.69, 9.17) is 14.5 Å². The van der Waals surface area contributed by atoms with Crippen LogP contribution in [0.1, 0.15) is 38.2 Å². The van der Waals surface area contributed by atoms with Gasteiger partial charge in [0.1, 0.15) is 5.82 Å². The fraction of sp³-hybridized carbons (Fsp3) is 0.650. The molecule has 6 heteroatoms. The van der Waals surface area contributed by atoms with Crippen LogP contribution in [0.3, 0.4) is 0 Å². The van der Waals surface area contributed by atoms with Crippen molar-refractivity contribution in [3.63, 3.8) is 0 Å². The van der Waals surface area contributed by atoms with E-state index in [9.17, 15) is 4.39 Å². The Balaban J connectivity index is 1.64. The summed E-state index contributed by atoms with van der Waals surface area (Å²) in [5.41, 5.74) is 0.448. The van der Waals surface area contributed by atoms with Gasteiger partial charge >= 0.3 is 0 Å². The highest BCUT2D eigenvalue weighted by atomic mass is 19.1. The molecule has 0 aromatic heterocycles. The summed E-state index contributed by atoms with van der Waals surface area (Å²) < 4.78 is 25.4. The molecule has 5 nitrogen and oxygen atoms in total. The minimum atomic E-state index is -0.247. The lowest BCUT2D eigenvalue weighted by Gasteiger charge is -2.34. The predicted octanol–water partition coefficient (Wildman–Crippen LogP) is 2.61. The molecular formula is C20H30FN3O2. The molecule has 1 saturated carbocycles. The lowest BCUT2D eigenvalue weighted by Crippen LogP contribution is -2.45. The largest absolute Gasteiger partial charge is 0.381 e. The van der Waals surface area contributed by atoms with Crippen LogP contribution in [0.2, 0.25) is 0 Å². The second-order valence-corrected chi connectivity index (χ2v) is 7.31. The molecule has 3 rings (SSSR count). The molecule has 1 aromatic carbocycles. The zero-order chi connectivity index (χ0) is 18.5. The first-order valence-electron chi connectivity index (χ1n) is 9.53. The second-order valence-electron chi connectivity index (χ2n) is 7.31. The summed E-state index contributed by atoms with van der Waals surface area (Å²) in [4.78, 5) is 4.75. The molecule has 2 aliphatic rings. The molecule has 144 valence electrons. The van der Waals surface area contributed by atoms with E-state index in [0.717, 1.165) is 43.8 Å². The van der Waals surface area contributed by atoms with E-state index in [2.05, 4.69) is 10.6 Å². The van der Waals surface area contributed by atoms with Gasteiger partial charge in [0.05, 0.1) is 12.1 Å². The number of guanidine groups is 1. The van der Waals surface area contributed by atoms with Crippen molar-refractivity contribution < 1.29 is 13.9 Å². The number of nitrogens with one attached hydrogen (secondary N) is 2. The molecule has 1 aliphatic carbocycles. The molecule has 0 spiro atoms. The number of methoxy groups -OCH3 is 1. The summed E-state index contributed by atoms with van der Waals surface area (Å²) in [7, 11) is 1.75. The Morgan fingerprint density at radius 1 is 1.19 bits per heavy atom. The van der Waals surface area contributed by atoms with Gasteiger partial charge in [0.2, 0.25) is 0 Å². The summed E-state index contributed by atoms with van der Waals surface area (Å²) in [6.45, 7) is 5.52. The summed E-state index contributed by atoms with van der Waals surface area (Å²) in [5, 5.41) is 6.70. The molecule has 1 heterocycles. The van der Waals surface area contributed by atoms with Gasteiger partial charge in [0.25, 0.3) is 0 Å². The van der Waals surface area contributed by atoms with Crippen molar-refractivity contribution in [2.75, 3.05) is 40.0 Å². The van der Waals surface area contributed by atoms with Crippen LogP contribution in [0.5, 0.6) is 0 Å². The molecule has 0 atom stereocenters. The van der Waals surface area contributed by atoms with Crippen LogP contribution in [0.4, 0.5) is 4.39 Å². The molecule has 2 fully saturated rings. The van der Waals surface area contributed by atoms with Gasteiger partial charge in [-0.15, -0.1) is 0 Å². The average molecular weight is 363 g/mol. The minimum absolute atomic E-state index is 0.112. The number of hydrogen-bond donors (Lipinski definition) is 2. The van der Waals surface area contributed by atoms with E-state index in [1.165, 1.54) is 0 Å². The zero-order valence-corrected chi connectivity index (χ0v) is 15.8. The number of ether oxygens (including phenoxy) is 2. The maximum absolute atomic E-state index is 14.2. The Morgan fingerprint density at radius 2 is 1.92 bits per heavy atom. The summed E-state index contributed by atoms with van der Waals surface area (Å²) in [5.74, 6) is 0.646. The number of rotatable bonds is 7. The van der Waals surface area contributed by atoms with E-state index in [1.54, 1.807) is 19.2 Å². The highest BCUT2D eigenvalue weighted by molar-refractivity contribution is 5.80. The van der Waals surface area contributed by atoms with Crippen molar-refractivity contribution in [1.82, 2.24) is 10.6 Å². The fourth-order valence-electron chi connectivity index (χ4n) is 3.57. The van der Waals surface area contributed by atoms with Crippen molar-refractivity contribution in [2.45, 2.75) is 43.6 Å². The number of benzene rings is 1. The standard InChI is InChI=1S/C20H30FN3O2/c1-3-22-18(24-15-20(25-2)10-12-26-13-11-20)23-14-19(8-9-19)16-6-4-5-7-17(16)21/h4-7H,3,8-15H2,1-2H3,(H2,22,23,24). The summed E-state index contributed by atoms with van der Waals surface area (Å²) in [6, 6.07) is 7.09. The van der Waals surface area contributed by atoms with E-state index in [0.29, 0.717) is 26.3 Å². The highest BCUT2D eigenvalue weighted by Crippen LogP contribution is 2.48. The summed E-state index contributed by atoms with van der Waals surface area (Å²) >= 11 is 0. The van der Waals surface area contributed by atoms with Crippen molar-refractivity contribution >= 4 is 5.96 Å². The predicted molar refractivity (Wildman–Crippen MR) is 101 cm³/mol. The van der Waals surface area contributed by atoms with Crippen LogP contribution in [0.25, 0.3) is 0 Å². The molecule has 0 unspecified atom stereocenters. The van der Waals surface area contributed by atoms with Gasteiger partial charge in [-0.2, -0.15) is 0 Å². The molecule has 1 aliphatic heterocycles. The van der Waals surface area contributed by atoms with Crippen LogP contribution in [-0.2, 0) is 14.9 Å². The topological polar surface area (TPSA) is 54.9 Å². The Morgan fingerprint density at radius 3 is 2.54 bits per heavy atom. The lowest BCUT2D eigenvalue weighted by molar-refractivity contribution is -0.0828. The third-order valence-corrected chi connectivity index (χ3v) is 5.60. The van der Waals surface area contributed by atoms with Gasteiger partial charge in [0.15, 0.2) is 5.96 Å². The van der Waals surface area contributed by atoms with Gasteiger partial charge in [-0.05, 0) is 31.4 Å². The van der Waals surface area contributed by atoms with Crippen molar-refractivity contribution in [3.05, 3.63) is 35.6 Å². The first kappa shape index (κ1) is 19.1. The van der Waals surface area contributed by atoms with Gasteiger partial charge in [-0.25, -0.2) is 4.39 Å². The van der Waals surface area contributed by atoms with E-state index in [1.807, 2.05) is 19.1 Å². The van der Waals surface area contributed by atoms with Crippen LogP contribution in [-0.4, -0.2) is 51.5 Å². The Kier molecular flexibility index (Phi) is 6.14. The fourth-order valence-corrected chi connectivity index (χ4v) is 3.57. The number of aliphatic imine (C=N–C) groups is 1. The number of hydrogen-bond acceptors (Lipinski definition) is 3. The van der Waals surface area contributed by atoms with Gasteiger partial charge < -0.3 is 20.1 Å². The lowest BCUT2D eigenvalue weighted by atomic mass is 9.94. The average Bonchev–Trinajstić information content (AvgIpc) is 3.46. The van der Waals surface area contributed by atoms with Gasteiger partial charge in [-0.1, -0.05) is 18.2 Å². The van der Waals surface area contributed by atoms with E-state index in [-0.39, 0.29) is 16.8 Å². The first-order chi connectivity index (χ1) is 12.6. The Labute approximate surface area is 155 Å². The first-order valence-corrected chi connectivity index (χ1v) is 9.53. The molecule has 26 heavy (non-hydrogen) atoms. The van der Waals surface area contributed by atoms with Crippen LogP contribution in [0.15, 0.2) is 29.3 Å². The number of nitrogens with zero attached hydrogens (tertiary/aromatic N) is 1. The molecular weight excluding hydrogens is 333 g/mol. The third-order valence-electron chi connectivity index (χ3n) is 5.60. The quantitative estimate of drug-likeness (QED) is 0.578. The molecule has 0 amide bonds. The third kappa shape index (κ3) is 4.35. The molecule has 0 radical (unpaired) electrons. The van der Waals surface area contributed by atoms with Crippen LogP contribution < -0.4 is 10.6 Å². The van der Waals surface area contributed by atoms with Crippen molar-refractivity contribution in [1.29, 1.82) is 0 Å². The number of halogens is 1. The smallest absolute Gasteiger partial charge is 0.191 e. The molecule has 1 saturated heterocycles. The normalized spacial score (nSPS) is 21.3. The zero-order valence-electron chi connectivity index (χ0n) is 15.8. The van der Waals surface area contributed by atoms with E-state index >= 15 is 0 Å². The SMILES string of the molecule is CCNC(=NCC1(OC)CCOCC1)NCC1(c2ccccc2F)CC1. The minimum Gasteiger partial charge on any atom is -0.381 e. The highest BCUT2D eigenvalue weighted by Gasteiger charge is 2.45. The molecule has 2 N–H and O–H groups in total. The van der Waals surface area contributed by atoms with E-state index < -0.39 is 0 Å². The van der Waals surface area contributed by atoms with Crippen molar-refractivity contribution in [2.24, 2.45) is 4.99 Å². The van der Waals surface area contributed by atoms with Crippen LogP contribution in [0, 0.1) is 5.82 Å². The van der Waals surface area contributed by atoms with Gasteiger partial charge in [0, 0.05) is 51.7 Å². The molecule has 1 aromatic rings.